The van der Waals surface area contributed by atoms with Crippen LogP contribution in [-0.4, -0.2) is 119 Å². The molecule has 1 amide bonds. The van der Waals surface area contributed by atoms with Crippen LogP contribution in [0, 0.1) is 24.4 Å². The van der Waals surface area contributed by atoms with E-state index in [-0.39, 0.29) is 60.4 Å². The maximum atomic E-state index is 15.2. The van der Waals surface area contributed by atoms with Gasteiger partial charge in [0.1, 0.15) is 47.2 Å². The second-order valence-electron chi connectivity index (χ2n) is 20.4. The van der Waals surface area contributed by atoms with Gasteiger partial charge in [-0.15, -0.1) is 0 Å². The largest absolute Gasteiger partial charge is 0.506 e. The number of aromatic hydroxyl groups is 1. The number of aliphatic hydroxyl groups excluding tert-OH is 2. The van der Waals surface area contributed by atoms with E-state index in [2.05, 4.69) is 29.8 Å². The molecule has 5 aliphatic heterocycles. The maximum absolute atomic E-state index is 15.2. The van der Waals surface area contributed by atoms with Crippen molar-refractivity contribution in [3.05, 3.63) is 110 Å². The summed E-state index contributed by atoms with van der Waals surface area (Å²) in [5, 5.41) is 53.6. The van der Waals surface area contributed by atoms with Crippen molar-refractivity contribution in [3.63, 3.8) is 0 Å². The first-order valence-corrected chi connectivity index (χ1v) is 25.0. The minimum absolute atomic E-state index is 0.00275. The zero-order valence-corrected chi connectivity index (χ0v) is 39.2. The highest BCUT2D eigenvalue weighted by atomic mass is 16.7. The SMILES string of the molecule is COc1cc2c3c(c4c(O)c2c2c1C=CC(C1=C5[CH+]C(CNC6CCCCC6)=CC=C5N=C1)OCC1OC(O2)C(O)(CO)C(OC#CCc2cccc5c2CN(CC4=O)C5=O)C1O)C1CCCC1CC3. The lowest BCUT2D eigenvalue weighted by molar-refractivity contribution is -0.327. The van der Waals surface area contributed by atoms with E-state index in [1.807, 2.05) is 24.3 Å². The van der Waals surface area contributed by atoms with Crippen LogP contribution < -0.4 is 14.8 Å². The number of benzene rings is 3. The van der Waals surface area contributed by atoms with Gasteiger partial charge in [0.15, 0.2) is 23.2 Å². The van der Waals surface area contributed by atoms with Crippen molar-refractivity contribution < 1.29 is 53.7 Å². The van der Waals surface area contributed by atoms with Crippen LogP contribution in [0.3, 0.4) is 0 Å². The van der Waals surface area contributed by atoms with Gasteiger partial charge < -0.3 is 54.3 Å². The molecular weight excluding hydrogens is 891 g/mol. The molecule has 9 aliphatic rings. The molecule has 70 heavy (non-hydrogen) atoms. The summed E-state index contributed by atoms with van der Waals surface area (Å²) in [5.41, 5.74) is 5.17. The zero-order chi connectivity index (χ0) is 47.8. The van der Waals surface area contributed by atoms with Gasteiger partial charge in [-0.2, -0.15) is 4.99 Å². The molecule has 0 aromatic heterocycles. The Hall–Kier alpha value is -5.92. The van der Waals surface area contributed by atoms with Gasteiger partial charge in [-0.3, -0.25) is 9.59 Å². The number of phenolic OH excluding ortho intramolecular Hbond substituents is 1. The van der Waals surface area contributed by atoms with Gasteiger partial charge in [-0.1, -0.05) is 43.7 Å². The second kappa shape index (κ2) is 18.0. The number of carbonyl (C=O) groups is 2. The van der Waals surface area contributed by atoms with E-state index in [0.717, 1.165) is 83.2 Å². The van der Waals surface area contributed by atoms with Crippen molar-refractivity contribution in [1.29, 1.82) is 0 Å². The highest BCUT2D eigenvalue weighted by Crippen LogP contribution is 2.56. The van der Waals surface area contributed by atoms with Crippen molar-refractivity contribution in [2.24, 2.45) is 10.9 Å². The van der Waals surface area contributed by atoms with Gasteiger partial charge in [0, 0.05) is 55.3 Å². The van der Waals surface area contributed by atoms with Crippen molar-refractivity contribution >= 4 is 34.8 Å². The number of nitrogens with one attached hydrogen (secondary N) is 1. The number of carbonyl (C=O) groups excluding carboxylic acids is 2. The smallest absolute Gasteiger partial charge is 0.254 e. The Morgan fingerprint density at radius 1 is 1.06 bits per heavy atom. The van der Waals surface area contributed by atoms with Crippen molar-refractivity contribution in [2.75, 3.05) is 33.4 Å². The summed E-state index contributed by atoms with van der Waals surface area (Å²) in [6.45, 7) is -0.632. The van der Waals surface area contributed by atoms with Gasteiger partial charge in [0.25, 0.3) is 5.91 Å². The Balaban J connectivity index is 1.05. The lowest BCUT2D eigenvalue weighted by atomic mass is 9.72. The molecule has 4 aliphatic carbocycles. The van der Waals surface area contributed by atoms with Crippen LogP contribution in [0.5, 0.6) is 17.2 Å². The average molecular weight is 949 g/mol. The maximum Gasteiger partial charge on any atom is 0.254 e. The van der Waals surface area contributed by atoms with Gasteiger partial charge in [-0.25, -0.2) is 0 Å². The standard InChI is InChI=1S/C56H57N3O11/c1-66-45-23-39-35-17-16-32-9-5-13-34(32)47(35)49-43(61)27-59-26-41-31(8-6-14-36(41)54(59)64)10-7-21-67-53-50(62)46-28-68-44(20-18-37(45)52(48(39)51(49)63)70-55(69-46)56(53,65)29-60)40-25-58-42-19-15-30(22-38(40)42)24-57-33-11-3-2-4-12-33/h6,8,14-15,18-20,22-23,25,32-34,44,46,50,53,55,57,60,62,65H,2-5,9-13,16-17,24,26-29H2,1H3/p+1. The molecule has 2 saturated carbocycles. The number of hydrogen-bond donors (Lipinski definition) is 5. The molecule has 0 spiro atoms. The first kappa shape index (κ1) is 45.2. The molecule has 12 rings (SSSR count). The predicted octanol–water partition coefficient (Wildman–Crippen LogP) is 6.06. The molecule has 5 heterocycles. The number of aliphatic imine (C=N–C) groups is 1. The number of methoxy groups -OCH3 is 1. The predicted molar refractivity (Wildman–Crippen MR) is 259 cm³/mol. The number of phenols is 1. The molecule has 5 N–H and O–H groups in total. The van der Waals surface area contributed by atoms with Gasteiger partial charge in [0.05, 0.1) is 55.2 Å². The Morgan fingerprint density at radius 2 is 1.93 bits per heavy atom. The van der Waals surface area contributed by atoms with Crippen molar-refractivity contribution in [2.45, 2.75) is 125 Å². The van der Waals surface area contributed by atoms with E-state index in [9.17, 15) is 25.2 Å². The number of hydrogen-bond acceptors (Lipinski definition) is 13. The molecule has 0 radical (unpaired) electrons. The monoisotopic (exact) mass is 948 g/mol. The van der Waals surface area contributed by atoms with Gasteiger partial charge >= 0.3 is 0 Å². The van der Waals surface area contributed by atoms with Crippen LogP contribution in [-0.2, 0) is 33.6 Å². The average Bonchev–Trinajstić information content (AvgIpc) is 4.11. The summed E-state index contributed by atoms with van der Waals surface area (Å²) in [7, 11) is 1.54. The fourth-order valence-corrected chi connectivity index (χ4v) is 12.8. The minimum atomic E-state index is -2.45. The fourth-order valence-electron chi connectivity index (χ4n) is 12.8. The summed E-state index contributed by atoms with van der Waals surface area (Å²) in [6, 6.07) is 7.72. The zero-order valence-electron chi connectivity index (χ0n) is 39.2. The number of fused-ring (bicyclic) bond motifs is 10. The summed E-state index contributed by atoms with van der Waals surface area (Å²) in [4.78, 5) is 35.6. The van der Waals surface area contributed by atoms with Gasteiger partial charge in [-0.05, 0) is 102 Å². The number of rotatable bonds is 6. The summed E-state index contributed by atoms with van der Waals surface area (Å²) < 4.78 is 32.5. The van der Waals surface area contributed by atoms with Crippen LogP contribution in [0.1, 0.15) is 112 Å². The van der Waals surface area contributed by atoms with E-state index in [0.29, 0.717) is 47.2 Å². The van der Waals surface area contributed by atoms with Crippen LogP contribution >= 0.6 is 0 Å². The number of Topliss-reactive ketones (excluding diaryl/α,β-unsaturated/α-hetero) is 1. The number of allylic oxidation sites excluding steroid dienone is 3. The lowest BCUT2D eigenvalue weighted by Gasteiger charge is -2.47. The highest BCUT2D eigenvalue weighted by molar-refractivity contribution is 6.13. The number of ether oxygens (including phenoxy) is 5. The fraction of sp³-hybridized carbons (Fsp3) is 0.464. The van der Waals surface area contributed by atoms with E-state index in [1.54, 1.807) is 31.5 Å². The summed E-state index contributed by atoms with van der Waals surface area (Å²) in [5.74, 6) is 2.67. The molecule has 362 valence electrons. The van der Waals surface area contributed by atoms with E-state index < -0.39 is 48.7 Å². The topological polar surface area (TPSA) is 189 Å². The van der Waals surface area contributed by atoms with Crippen molar-refractivity contribution in [1.82, 2.24) is 10.2 Å². The number of nitrogens with zero attached hydrogens (tertiary/aromatic N) is 2. The Kier molecular flexibility index (Phi) is 11.7. The first-order chi connectivity index (χ1) is 34.1. The van der Waals surface area contributed by atoms with Crippen LogP contribution in [0.2, 0.25) is 0 Å². The second-order valence-corrected chi connectivity index (χ2v) is 20.4. The van der Waals surface area contributed by atoms with Crippen LogP contribution in [0.4, 0.5) is 0 Å². The molecule has 8 atom stereocenters. The third-order valence-corrected chi connectivity index (χ3v) is 16.4. The molecule has 1 saturated heterocycles. The molecule has 3 fully saturated rings. The van der Waals surface area contributed by atoms with E-state index in [4.69, 9.17) is 28.7 Å². The molecule has 14 nitrogen and oxygen atoms in total. The molecular formula is C56H58N3O11+. The Morgan fingerprint density at radius 3 is 2.77 bits per heavy atom. The normalized spacial score (nSPS) is 30.1. The third-order valence-electron chi connectivity index (χ3n) is 16.4. The number of aryl methyl sites for hydroxylation is 1. The minimum Gasteiger partial charge on any atom is -0.506 e. The first-order valence-electron chi connectivity index (χ1n) is 25.0. The Bertz CT molecular complexity index is 2920. The van der Waals surface area contributed by atoms with E-state index in [1.165, 1.54) is 24.2 Å². The Labute approximate surface area is 406 Å². The molecule has 8 unspecified atom stereocenters. The van der Waals surface area contributed by atoms with Crippen LogP contribution in [0.15, 0.2) is 69.9 Å². The number of aliphatic hydroxyl groups is 3. The third kappa shape index (κ3) is 7.47. The summed E-state index contributed by atoms with van der Waals surface area (Å²) in [6.07, 6.45) is 17.8. The quantitative estimate of drug-likeness (QED) is 0.142. The van der Waals surface area contributed by atoms with Gasteiger partial charge in [0.2, 0.25) is 6.29 Å². The van der Waals surface area contributed by atoms with Crippen molar-refractivity contribution in [3.8, 4) is 29.3 Å². The summed E-state index contributed by atoms with van der Waals surface area (Å²) >= 11 is 0. The molecule has 8 bridgehead atoms. The van der Waals surface area contributed by atoms with E-state index >= 15 is 4.79 Å². The molecule has 14 heteroatoms. The highest BCUT2D eigenvalue weighted by Gasteiger charge is 2.59. The van der Waals surface area contributed by atoms with Crippen LogP contribution in [0.25, 0.3) is 16.8 Å². The number of ketones is 1. The lowest BCUT2D eigenvalue weighted by Crippen LogP contribution is -2.70. The molecule has 3 aromatic carbocycles. The molecule has 3 aromatic rings. The number of amides is 1.